The highest BCUT2D eigenvalue weighted by Crippen LogP contribution is 2.26. The molecule has 1 aliphatic rings. The summed E-state index contributed by atoms with van der Waals surface area (Å²) in [6, 6.07) is 7.02. The minimum absolute atomic E-state index is 0.175. The number of nitrogens with zero attached hydrogens (tertiary/aromatic N) is 1. The zero-order chi connectivity index (χ0) is 18.2. The van der Waals surface area contributed by atoms with Gasteiger partial charge in [0, 0.05) is 30.2 Å². The molecule has 2 amide bonds. The van der Waals surface area contributed by atoms with Gasteiger partial charge in [0.1, 0.15) is 5.92 Å². The standard InChI is InChI=1S/C18H23ClN2O4/c1-25-16(22)5-3-2-4-11-20-17(23)15-10-12-21(18(15)24)14-8-6-13(19)7-9-14/h6-9,15H,2-5,10-12H2,1H3,(H,20,23). The van der Waals surface area contributed by atoms with Crippen LogP contribution in [0.25, 0.3) is 0 Å². The lowest BCUT2D eigenvalue weighted by Crippen LogP contribution is -2.37. The molecular formula is C18H23ClN2O4. The van der Waals surface area contributed by atoms with E-state index in [4.69, 9.17) is 11.6 Å². The van der Waals surface area contributed by atoms with E-state index in [1.54, 1.807) is 29.2 Å². The maximum absolute atomic E-state index is 12.5. The van der Waals surface area contributed by atoms with Crippen LogP contribution in [0.5, 0.6) is 0 Å². The Balaban J connectivity index is 1.73. The molecule has 0 saturated carbocycles. The number of amides is 2. The van der Waals surface area contributed by atoms with Gasteiger partial charge >= 0.3 is 5.97 Å². The van der Waals surface area contributed by atoms with Crippen LogP contribution in [-0.2, 0) is 19.1 Å². The van der Waals surface area contributed by atoms with Crippen LogP contribution < -0.4 is 10.2 Å². The minimum Gasteiger partial charge on any atom is -0.469 e. The molecule has 136 valence electrons. The number of esters is 1. The Morgan fingerprint density at radius 1 is 1.24 bits per heavy atom. The third-order valence-corrected chi connectivity index (χ3v) is 4.50. The molecule has 1 atom stereocenters. The lowest BCUT2D eigenvalue weighted by atomic mass is 10.1. The van der Waals surface area contributed by atoms with Crippen molar-refractivity contribution in [2.75, 3.05) is 25.1 Å². The van der Waals surface area contributed by atoms with Crippen LogP contribution in [0.4, 0.5) is 5.69 Å². The highest BCUT2D eigenvalue weighted by molar-refractivity contribution is 6.30. The molecule has 0 spiro atoms. The fraction of sp³-hybridized carbons (Fsp3) is 0.500. The van der Waals surface area contributed by atoms with Gasteiger partial charge in [0.2, 0.25) is 11.8 Å². The highest BCUT2D eigenvalue weighted by atomic mass is 35.5. The van der Waals surface area contributed by atoms with E-state index in [2.05, 4.69) is 10.1 Å². The quantitative estimate of drug-likeness (QED) is 0.436. The predicted octanol–water partition coefficient (Wildman–Crippen LogP) is 2.54. The molecule has 1 aromatic rings. The van der Waals surface area contributed by atoms with Crippen molar-refractivity contribution in [2.45, 2.75) is 32.1 Å². The lowest BCUT2D eigenvalue weighted by molar-refractivity contribution is -0.140. The van der Waals surface area contributed by atoms with Crippen molar-refractivity contribution in [3.05, 3.63) is 29.3 Å². The van der Waals surface area contributed by atoms with Crippen molar-refractivity contribution >= 4 is 35.1 Å². The number of unbranched alkanes of at least 4 members (excludes halogenated alkanes) is 2. The second-order valence-corrected chi connectivity index (χ2v) is 6.42. The molecule has 1 unspecified atom stereocenters. The number of nitrogens with one attached hydrogen (secondary N) is 1. The molecule has 1 heterocycles. The molecule has 1 saturated heterocycles. The molecule has 0 radical (unpaired) electrons. The summed E-state index contributed by atoms with van der Waals surface area (Å²) in [7, 11) is 1.37. The minimum atomic E-state index is -0.634. The highest BCUT2D eigenvalue weighted by Gasteiger charge is 2.37. The summed E-state index contributed by atoms with van der Waals surface area (Å²) in [4.78, 5) is 37.3. The van der Waals surface area contributed by atoms with E-state index in [0.717, 1.165) is 24.9 Å². The molecule has 2 rings (SSSR count). The Morgan fingerprint density at radius 2 is 1.96 bits per heavy atom. The van der Waals surface area contributed by atoms with E-state index in [1.165, 1.54) is 7.11 Å². The Hall–Kier alpha value is -2.08. The number of hydrogen-bond donors (Lipinski definition) is 1. The van der Waals surface area contributed by atoms with Gasteiger partial charge in [0.25, 0.3) is 0 Å². The fourth-order valence-corrected chi connectivity index (χ4v) is 2.93. The van der Waals surface area contributed by atoms with Gasteiger partial charge in [-0.3, -0.25) is 14.4 Å². The topological polar surface area (TPSA) is 75.7 Å². The number of rotatable bonds is 8. The maximum atomic E-state index is 12.5. The average Bonchev–Trinajstić information content (AvgIpc) is 2.99. The average molecular weight is 367 g/mol. The van der Waals surface area contributed by atoms with Crippen molar-refractivity contribution in [3.63, 3.8) is 0 Å². The second-order valence-electron chi connectivity index (χ2n) is 5.99. The zero-order valence-corrected chi connectivity index (χ0v) is 15.1. The summed E-state index contributed by atoms with van der Waals surface area (Å²) in [5, 5.41) is 3.42. The third kappa shape index (κ3) is 5.46. The lowest BCUT2D eigenvalue weighted by Gasteiger charge is -2.16. The summed E-state index contributed by atoms with van der Waals surface area (Å²) in [6.45, 7) is 1.03. The second kappa shape index (κ2) is 9.42. The van der Waals surface area contributed by atoms with Gasteiger partial charge in [-0.05, 0) is 43.5 Å². The Morgan fingerprint density at radius 3 is 2.64 bits per heavy atom. The first-order valence-corrected chi connectivity index (χ1v) is 8.82. The summed E-state index contributed by atoms with van der Waals surface area (Å²) >= 11 is 5.86. The van der Waals surface area contributed by atoms with Crippen LogP contribution in [0, 0.1) is 5.92 Å². The monoisotopic (exact) mass is 366 g/mol. The van der Waals surface area contributed by atoms with Crippen molar-refractivity contribution < 1.29 is 19.1 Å². The zero-order valence-electron chi connectivity index (χ0n) is 14.3. The van der Waals surface area contributed by atoms with E-state index >= 15 is 0 Å². The van der Waals surface area contributed by atoms with Gasteiger partial charge in [-0.15, -0.1) is 0 Å². The number of carbonyl (C=O) groups excluding carboxylic acids is 3. The first-order chi connectivity index (χ1) is 12.0. The smallest absolute Gasteiger partial charge is 0.305 e. The molecule has 1 aliphatic heterocycles. The Kier molecular flexibility index (Phi) is 7.25. The van der Waals surface area contributed by atoms with Gasteiger partial charge < -0.3 is 15.0 Å². The summed E-state index contributed by atoms with van der Waals surface area (Å²) < 4.78 is 4.57. The van der Waals surface area contributed by atoms with Crippen molar-refractivity contribution in [1.29, 1.82) is 0 Å². The van der Waals surface area contributed by atoms with E-state index in [9.17, 15) is 14.4 Å². The molecule has 6 nitrogen and oxygen atoms in total. The number of methoxy groups -OCH3 is 1. The van der Waals surface area contributed by atoms with Gasteiger partial charge in [-0.1, -0.05) is 18.0 Å². The van der Waals surface area contributed by atoms with E-state index in [1.807, 2.05) is 0 Å². The van der Waals surface area contributed by atoms with Crippen molar-refractivity contribution in [2.24, 2.45) is 5.92 Å². The first-order valence-electron chi connectivity index (χ1n) is 8.44. The summed E-state index contributed by atoms with van der Waals surface area (Å²) in [6.07, 6.45) is 3.22. The largest absolute Gasteiger partial charge is 0.469 e. The Labute approximate surface area is 152 Å². The molecule has 1 fully saturated rings. The van der Waals surface area contributed by atoms with E-state index in [-0.39, 0.29) is 17.8 Å². The SMILES string of the molecule is COC(=O)CCCCCNC(=O)C1CCN(c2ccc(Cl)cc2)C1=O. The number of carbonyl (C=O) groups is 3. The first kappa shape index (κ1) is 19.2. The number of hydrogen-bond acceptors (Lipinski definition) is 4. The van der Waals surface area contributed by atoms with Crippen LogP contribution in [0.1, 0.15) is 32.1 Å². The number of benzene rings is 1. The molecule has 0 bridgehead atoms. The predicted molar refractivity (Wildman–Crippen MR) is 95.4 cm³/mol. The van der Waals surface area contributed by atoms with E-state index in [0.29, 0.717) is 31.0 Å². The number of ether oxygens (including phenoxy) is 1. The molecule has 1 N–H and O–H groups in total. The van der Waals surface area contributed by atoms with Gasteiger partial charge in [-0.2, -0.15) is 0 Å². The molecule has 0 aromatic heterocycles. The van der Waals surface area contributed by atoms with Gasteiger partial charge in [0.05, 0.1) is 7.11 Å². The maximum Gasteiger partial charge on any atom is 0.305 e. The van der Waals surface area contributed by atoms with Gasteiger partial charge in [-0.25, -0.2) is 0 Å². The van der Waals surface area contributed by atoms with Crippen LogP contribution in [0.3, 0.4) is 0 Å². The molecule has 0 aliphatic carbocycles. The van der Waals surface area contributed by atoms with Crippen LogP contribution in [-0.4, -0.2) is 38.0 Å². The summed E-state index contributed by atoms with van der Waals surface area (Å²) in [5.74, 6) is -1.26. The van der Waals surface area contributed by atoms with Gasteiger partial charge in [0.15, 0.2) is 0 Å². The number of anilines is 1. The number of halogens is 1. The Bertz CT molecular complexity index is 618. The molecule has 1 aromatic carbocycles. The summed E-state index contributed by atoms with van der Waals surface area (Å²) in [5.41, 5.74) is 0.757. The molecule has 7 heteroatoms. The molecular weight excluding hydrogens is 344 g/mol. The third-order valence-electron chi connectivity index (χ3n) is 4.24. The van der Waals surface area contributed by atoms with Crippen LogP contribution >= 0.6 is 11.6 Å². The van der Waals surface area contributed by atoms with Crippen LogP contribution in [0.15, 0.2) is 24.3 Å². The normalized spacial score (nSPS) is 16.8. The van der Waals surface area contributed by atoms with Crippen molar-refractivity contribution in [3.8, 4) is 0 Å². The van der Waals surface area contributed by atoms with E-state index < -0.39 is 5.92 Å². The van der Waals surface area contributed by atoms with Crippen molar-refractivity contribution in [1.82, 2.24) is 5.32 Å². The molecule has 25 heavy (non-hydrogen) atoms. The van der Waals surface area contributed by atoms with Crippen LogP contribution in [0.2, 0.25) is 5.02 Å². The fourth-order valence-electron chi connectivity index (χ4n) is 2.81.